The fourth-order valence-electron chi connectivity index (χ4n) is 5.13. The maximum atomic E-state index is 13.1. The molecule has 4 saturated carbocycles. The minimum absolute atomic E-state index is 0. The molecule has 0 heterocycles. The molecule has 1 atom stereocenters. The Hall–Kier alpha value is 0.690. The van der Waals surface area contributed by atoms with Gasteiger partial charge in [-0.15, -0.1) is 0 Å². The van der Waals surface area contributed by atoms with E-state index in [9.17, 15) is 22.3 Å². The van der Waals surface area contributed by atoms with Gasteiger partial charge in [-0.1, -0.05) is 0 Å². The van der Waals surface area contributed by atoms with Gasteiger partial charge in [0.1, 0.15) is 6.61 Å². The number of ether oxygens (including phenoxy) is 1. The zero-order valence-corrected chi connectivity index (χ0v) is 16.1. The third-order valence-electron chi connectivity index (χ3n) is 5.72. The van der Waals surface area contributed by atoms with Crippen LogP contribution in [0.15, 0.2) is 0 Å². The van der Waals surface area contributed by atoms with E-state index in [1.165, 1.54) is 19.3 Å². The number of alkyl halides is 2. The molecule has 0 aromatic heterocycles. The second kappa shape index (κ2) is 6.78. The Morgan fingerprint density at radius 2 is 1.57 bits per heavy atom. The summed E-state index contributed by atoms with van der Waals surface area (Å²) in [4.78, 5) is 0. The van der Waals surface area contributed by atoms with E-state index in [-0.39, 0.29) is 41.6 Å². The number of halogens is 2. The summed E-state index contributed by atoms with van der Waals surface area (Å²) in [5.41, 5.74) is -0.262. The molecule has 1 radical (unpaired) electrons. The normalized spacial score (nSPS) is 37.5. The molecule has 5 nitrogen and oxygen atoms in total. The van der Waals surface area contributed by atoms with Crippen molar-refractivity contribution in [1.82, 2.24) is 0 Å². The molecule has 4 aliphatic carbocycles. The first kappa shape index (κ1) is 20.0. The minimum atomic E-state index is -5.49. The van der Waals surface area contributed by atoms with E-state index >= 15 is 0 Å². The summed E-state index contributed by atoms with van der Waals surface area (Å²) >= 11 is 0. The van der Waals surface area contributed by atoms with Crippen LogP contribution < -0.4 is 0 Å². The molecule has 0 spiro atoms. The quantitative estimate of drug-likeness (QED) is 0.554. The van der Waals surface area contributed by atoms with E-state index < -0.39 is 28.1 Å². The van der Waals surface area contributed by atoms with Crippen LogP contribution in [0.25, 0.3) is 0 Å². The molecule has 0 amide bonds. The maximum Gasteiger partial charge on any atom is 0.392 e. The third-order valence-corrected chi connectivity index (χ3v) is 6.59. The largest absolute Gasteiger partial charge is 0.392 e. The van der Waals surface area contributed by atoms with Crippen LogP contribution in [0.5, 0.6) is 0 Å². The first-order chi connectivity index (χ1) is 10.1. The number of hydrogen-bond donors (Lipinski definition) is 2. The Morgan fingerprint density at radius 3 is 1.96 bits per heavy atom. The summed E-state index contributed by atoms with van der Waals surface area (Å²) in [5.74, 6) is 1.83. The first-order valence-corrected chi connectivity index (χ1v) is 9.16. The van der Waals surface area contributed by atoms with Gasteiger partial charge in [0.05, 0.1) is 12.7 Å². The van der Waals surface area contributed by atoms with Crippen LogP contribution in [0.2, 0.25) is 0 Å². The number of aliphatic hydroxyl groups excluding tert-OH is 1. The molecule has 0 saturated heterocycles. The fourth-order valence-corrected chi connectivity index (χ4v) is 5.36. The van der Waals surface area contributed by atoms with E-state index in [4.69, 9.17) is 9.29 Å². The molecule has 23 heavy (non-hydrogen) atoms. The van der Waals surface area contributed by atoms with Crippen molar-refractivity contribution >= 4 is 39.7 Å². The van der Waals surface area contributed by atoms with Gasteiger partial charge < -0.3 is 9.84 Å². The molecule has 9 heteroatoms. The van der Waals surface area contributed by atoms with Crippen LogP contribution in [0.3, 0.4) is 0 Å². The smallest absolute Gasteiger partial charge is 0.390 e. The molecule has 0 aliphatic heterocycles. The van der Waals surface area contributed by atoms with Gasteiger partial charge in [0.15, 0.2) is 0 Å². The molecule has 2 N–H and O–H groups in total. The summed E-state index contributed by atoms with van der Waals surface area (Å²) in [6.45, 7) is -1.76. The molecule has 1 unspecified atom stereocenters. The molecule has 4 aliphatic rings. The van der Waals surface area contributed by atoms with Gasteiger partial charge in [0.2, 0.25) is 0 Å². The van der Waals surface area contributed by atoms with Crippen molar-refractivity contribution in [3.05, 3.63) is 0 Å². The van der Waals surface area contributed by atoms with Gasteiger partial charge in [-0.2, -0.15) is 17.2 Å². The van der Waals surface area contributed by atoms with Crippen LogP contribution in [-0.4, -0.2) is 72.2 Å². The zero-order chi connectivity index (χ0) is 16.2. The second-order valence-corrected chi connectivity index (χ2v) is 8.97. The van der Waals surface area contributed by atoms with E-state index in [0.717, 1.165) is 19.3 Å². The van der Waals surface area contributed by atoms with Gasteiger partial charge in [-0.3, -0.25) is 4.55 Å². The molecule has 4 bridgehead atoms. The molecular weight excluding hydrogens is 341 g/mol. The average molecular weight is 363 g/mol. The Morgan fingerprint density at radius 1 is 1.13 bits per heavy atom. The molecule has 4 fully saturated rings. The van der Waals surface area contributed by atoms with Crippen molar-refractivity contribution in [3.63, 3.8) is 0 Å². The van der Waals surface area contributed by atoms with E-state index in [1.807, 2.05) is 0 Å². The number of aliphatic hydroxyl groups is 1. The van der Waals surface area contributed by atoms with Crippen LogP contribution in [0.1, 0.15) is 38.5 Å². The summed E-state index contributed by atoms with van der Waals surface area (Å²) < 4.78 is 60.4. The average Bonchev–Trinajstić information content (AvgIpc) is 2.35. The zero-order valence-electron chi connectivity index (χ0n) is 13.2. The van der Waals surface area contributed by atoms with Crippen LogP contribution >= 0.6 is 0 Å². The van der Waals surface area contributed by atoms with Gasteiger partial charge in [0, 0.05) is 29.6 Å². The maximum absolute atomic E-state index is 13.1. The predicted octanol–water partition coefficient (Wildman–Crippen LogP) is 1.68. The monoisotopic (exact) mass is 363 g/mol. The Labute approximate surface area is 157 Å². The minimum Gasteiger partial charge on any atom is -0.390 e. The van der Waals surface area contributed by atoms with Crippen LogP contribution in [0, 0.1) is 23.2 Å². The van der Waals surface area contributed by atoms with Gasteiger partial charge in [-0.05, 0) is 61.7 Å². The van der Waals surface area contributed by atoms with E-state index in [0.29, 0.717) is 17.8 Å². The van der Waals surface area contributed by atoms with Gasteiger partial charge >= 0.3 is 15.4 Å². The standard InChI is InChI=1S/C14H22F2O5S.Na/c15-14(16,22(18,19)20)8-21-7-12(17)13-4-9-1-10(5-13)3-11(2-9)6-13;/h9-12,17H,1-8H2,(H,18,19,20);. The number of hydrogen-bond acceptors (Lipinski definition) is 4. The van der Waals surface area contributed by atoms with Crippen molar-refractivity contribution < 1.29 is 31.6 Å². The Kier molecular flexibility index (Phi) is 5.89. The van der Waals surface area contributed by atoms with Crippen LogP contribution in [-0.2, 0) is 14.9 Å². The van der Waals surface area contributed by atoms with Crippen molar-refractivity contribution in [1.29, 1.82) is 0 Å². The topological polar surface area (TPSA) is 83.8 Å². The Bertz CT molecular complexity index is 504. The van der Waals surface area contributed by atoms with Crippen LogP contribution in [0.4, 0.5) is 8.78 Å². The Balaban J connectivity index is 0.00000192. The number of rotatable bonds is 6. The summed E-state index contributed by atoms with van der Waals surface area (Å²) in [6.07, 6.45) is 5.45. The van der Waals surface area contributed by atoms with Crippen molar-refractivity contribution in [2.75, 3.05) is 13.2 Å². The second-order valence-electron chi connectivity index (χ2n) is 7.42. The molecule has 129 valence electrons. The van der Waals surface area contributed by atoms with E-state index in [2.05, 4.69) is 0 Å². The first-order valence-electron chi connectivity index (χ1n) is 7.72. The van der Waals surface area contributed by atoms with E-state index in [1.54, 1.807) is 0 Å². The van der Waals surface area contributed by atoms with Crippen molar-refractivity contribution in [2.24, 2.45) is 23.2 Å². The van der Waals surface area contributed by atoms with Gasteiger partial charge in [0.25, 0.3) is 0 Å². The summed E-state index contributed by atoms with van der Waals surface area (Å²) in [6, 6.07) is 0. The molecular formula is C14H22F2NaO5S. The molecule has 0 aromatic carbocycles. The fraction of sp³-hybridized carbons (Fsp3) is 1.00. The summed E-state index contributed by atoms with van der Waals surface area (Å²) in [5, 5.41) is 6.09. The van der Waals surface area contributed by atoms with Crippen molar-refractivity contribution in [2.45, 2.75) is 49.9 Å². The van der Waals surface area contributed by atoms with Crippen molar-refractivity contribution in [3.8, 4) is 0 Å². The molecule has 0 aromatic rings. The molecule has 4 rings (SSSR count). The third kappa shape index (κ3) is 3.93. The summed E-state index contributed by atoms with van der Waals surface area (Å²) in [7, 11) is -5.49. The predicted molar refractivity (Wildman–Crippen MR) is 79.7 cm³/mol. The SMILES string of the molecule is O=S(=O)(O)C(F)(F)COCC(O)C12CC3CC(CC(C3)C1)C2.[Na]. The van der Waals surface area contributed by atoms with Gasteiger partial charge in [-0.25, -0.2) is 0 Å².